The average Bonchev–Trinajstić information content (AvgIpc) is 2.53. The molecule has 130 valence electrons. The fourth-order valence-electron chi connectivity index (χ4n) is 3.00. The summed E-state index contributed by atoms with van der Waals surface area (Å²) in [5, 5.41) is 10.0. The average molecular weight is 324 g/mol. The van der Waals surface area contributed by atoms with Crippen molar-refractivity contribution in [1.82, 2.24) is 9.80 Å². The highest BCUT2D eigenvalue weighted by Gasteiger charge is 2.24. The second kappa shape index (κ2) is 8.73. The van der Waals surface area contributed by atoms with Crippen LogP contribution in [-0.4, -0.2) is 66.4 Å². The lowest BCUT2D eigenvalue weighted by molar-refractivity contribution is -0.0164. The summed E-state index contributed by atoms with van der Waals surface area (Å²) in [5.74, 6) is -0.135. The van der Waals surface area contributed by atoms with E-state index < -0.39 is 6.10 Å². The van der Waals surface area contributed by atoms with E-state index in [0.717, 1.165) is 31.7 Å². The van der Waals surface area contributed by atoms with Gasteiger partial charge in [-0.05, 0) is 26.8 Å². The lowest BCUT2D eigenvalue weighted by Gasteiger charge is -2.38. The van der Waals surface area contributed by atoms with Gasteiger partial charge in [0, 0.05) is 44.3 Å². The van der Waals surface area contributed by atoms with Crippen molar-refractivity contribution >= 4 is 0 Å². The zero-order chi connectivity index (χ0) is 16.8. The van der Waals surface area contributed by atoms with E-state index in [4.69, 9.17) is 4.74 Å². The zero-order valence-electron chi connectivity index (χ0n) is 14.4. The normalized spacial score (nSPS) is 19.9. The third kappa shape index (κ3) is 5.53. The van der Waals surface area contributed by atoms with Gasteiger partial charge in [-0.3, -0.25) is 9.80 Å². The highest BCUT2D eigenvalue weighted by molar-refractivity contribution is 5.20. The van der Waals surface area contributed by atoms with Gasteiger partial charge in [-0.2, -0.15) is 0 Å². The Morgan fingerprint density at radius 3 is 2.39 bits per heavy atom. The predicted octanol–water partition coefficient (Wildman–Crippen LogP) is 2.29. The van der Waals surface area contributed by atoms with Crippen molar-refractivity contribution in [2.24, 2.45) is 0 Å². The van der Waals surface area contributed by atoms with Crippen LogP contribution in [0.2, 0.25) is 0 Å². The summed E-state index contributed by atoms with van der Waals surface area (Å²) in [6, 6.07) is 7.07. The number of ether oxygens (including phenoxy) is 1. The van der Waals surface area contributed by atoms with Crippen molar-refractivity contribution in [3.8, 4) is 0 Å². The summed E-state index contributed by atoms with van der Waals surface area (Å²) in [7, 11) is 0. The van der Waals surface area contributed by atoms with Gasteiger partial charge in [0.15, 0.2) is 0 Å². The topological polar surface area (TPSA) is 35.9 Å². The van der Waals surface area contributed by atoms with E-state index in [-0.39, 0.29) is 18.0 Å². The van der Waals surface area contributed by atoms with Gasteiger partial charge in [-0.15, -0.1) is 0 Å². The van der Waals surface area contributed by atoms with E-state index in [1.807, 2.05) is 26.0 Å². The molecule has 1 heterocycles. The molecule has 0 aromatic heterocycles. The molecule has 1 saturated heterocycles. The predicted molar refractivity (Wildman–Crippen MR) is 89.9 cm³/mol. The molecule has 1 aliphatic heterocycles. The van der Waals surface area contributed by atoms with Gasteiger partial charge in [0.1, 0.15) is 5.82 Å². The first-order chi connectivity index (χ1) is 11.0. The van der Waals surface area contributed by atoms with Crippen LogP contribution in [0.4, 0.5) is 4.39 Å². The number of β-amino-alcohol motifs (C(OH)–C–C–N with tert-alkyl or cyclic N) is 1. The maximum absolute atomic E-state index is 13.9. The maximum Gasteiger partial charge on any atom is 0.127 e. The number of rotatable bonds is 7. The number of aliphatic hydroxyl groups is 1. The number of hydrogen-bond donors (Lipinski definition) is 1. The minimum Gasteiger partial charge on any atom is -0.389 e. The minimum atomic E-state index is -0.451. The third-order valence-corrected chi connectivity index (χ3v) is 4.40. The van der Waals surface area contributed by atoms with Crippen LogP contribution in [0.1, 0.15) is 32.4 Å². The van der Waals surface area contributed by atoms with Gasteiger partial charge in [0.25, 0.3) is 0 Å². The van der Waals surface area contributed by atoms with E-state index in [9.17, 15) is 9.50 Å². The largest absolute Gasteiger partial charge is 0.389 e. The number of halogens is 1. The van der Waals surface area contributed by atoms with Crippen molar-refractivity contribution in [2.45, 2.75) is 39.0 Å². The van der Waals surface area contributed by atoms with Crippen LogP contribution in [0, 0.1) is 5.82 Å². The summed E-state index contributed by atoms with van der Waals surface area (Å²) in [6.07, 6.45) is -0.309. The SMILES string of the molecule is CC(C)OCC(O)CN1CCN(C(C)c2ccccc2F)CC1. The van der Waals surface area contributed by atoms with E-state index in [0.29, 0.717) is 13.2 Å². The molecule has 1 aromatic carbocycles. The first kappa shape index (κ1) is 18.3. The highest BCUT2D eigenvalue weighted by Crippen LogP contribution is 2.23. The Balaban J connectivity index is 1.78. The van der Waals surface area contributed by atoms with Crippen LogP contribution >= 0.6 is 0 Å². The molecule has 1 N–H and O–H groups in total. The lowest BCUT2D eigenvalue weighted by atomic mass is 10.1. The molecule has 5 heteroatoms. The van der Waals surface area contributed by atoms with Crippen LogP contribution in [0.15, 0.2) is 24.3 Å². The molecule has 1 aliphatic rings. The molecule has 23 heavy (non-hydrogen) atoms. The molecule has 0 bridgehead atoms. The number of piperazine rings is 1. The van der Waals surface area contributed by atoms with Crippen LogP contribution in [0.5, 0.6) is 0 Å². The van der Waals surface area contributed by atoms with Crippen molar-refractivity contribution in [1.29, 1.82) is 0 Å². The Morgan fingerprint density at radius 1 is 1.13 bits per heavy atom. The van der Waals surface area contributed by atoms with E-state index >= 15 is 0 Å². The van der Waals surface area contributed by atoms with Crippen LogP contribution in [-0.2, 0) is 4.74 Å². The Morgan fingerprint density at radius 2 is 1.78 bits per heavy atom. The maximum atomic E-state index is 13.9. The van der Waals surface area contributed by atoms with Crippen molar-refractivity contribution in [3.05, 3.63) is 35.6 Å². The molecule has 2 atom stereocenters. The first-order valence-corrected chi connectivity index (χ1v) is 8.48. The smallest absolute Gasteiger partial charge is 0.127 e. The van der Waals surface area contributed by atoms with E-state index in [2.05, 4.69) is 16.7 Å². The molecular weight excluding hydrogens is 295 g/mol. The van der Waals surface area contributed by atoms with Gasteiger partial charge >= 0.3 is 0 Å². The summed E-state index contributed by atoms with van der Waals surface area (Å²) in [4.78, 5) is 4.55. The van der Waals surface area contributed by atoms with Gasteiger partial charge in [0.05, 0.1) is 18.8 Å². The first-order valence-electron chi connectivity index (χ1n) is 8.48. The number of aliphatic hydroxyl groups excluding tert-OH is 1. The zero-order valence-corrected chi connectivity index (χ0v) is 14.4. The van der Waals surface area contributed by atoms with Gasteiger partial charge in [-0.1, -0.05) is 18.2 Å². The van der Waals surface area contributed by atoms with E-state index in [1.165, 1.54) is 6.07 Å². The Bertz CT molecular complexity index is 476. The molecule has 0 radical (unpaired) electrons. The van der Waals surface area contributed by atoms with Crippen LogP contribution in [0.25, 0.3) is 0 Å². The highest BCUT2D eigenvalue weighted by atomic mass is 19.1. The molecule has 2 unspecified atom stereocenters. The molecule has 4 nitrogen and oxygen atoms in total. The Kier molecular flexibility index (Phi) is 6.96. The van der Waals surface area contributed by atoms with Crippen molar-refractivity contribution < 1.29 is 14.2 Å². The molecule has 0 amide bonds. The van der Waals surface area contributed by atoms with E-state index in [1.54, 1.807) is 6.07 Å². The van der Waals surface area contributed by atoms with Crippen molar-refractivity contribution in [3.63, 3.8) is 0 Å². The standard InChI is InChI=1S/C18H29FN2O2/c1-14(2)23-13-16(22)12-20-8-10-21(11-9-20)15(3)17-6-4-5-7-18(17)19/h4-7,14-16,22H,8-13H2,1-3H3. The monoisotopic (exact) mass is 324 g/mol. The molecule has 2 rings (SSSR count). The minimum absolute atomic E-state index is 0.0764. The summed E-state index contributed by atoms with van der Waals surface area (Å²) >= 11 is 0. The molecule has 0 saturated carbocycles. The number of benzene rings is 1. The van der Waals surface area contributed by atoms with Crippen LogP contribution in [0.3, 0.4) is 0 Å². The van der Waals surface area contributed by atoms with Gasteiger partial charge in [0.2, 0.25) is 0 Å². The fourth-order valence-corrected chi connectivity index (χ4v) is 3.00. The molecular formula is C18H29FN2O2. The number of hydrogen-bond acceptors (Lipinski definition) is 4. The summed E-state index contributed by atoms with van der Waals surface area (Å²) in [5.41, 5.74) is 0.756. The van der Waals surface area contributed by atoms with Gasteiger partial charge < -0.3 is 9.84 Å². The quantitative estimate of drug-likeness (QED) is 0.835. The Labute approximate surface area is 138 Å². The molecule has 1 fully saturated rings. The second-order valence-electron chi connectivity index (χ2n) is 6.57. The molecule has 0 spiro atoms. The van der Waals surface area contributed by atoms with Gasteiger partial charge in [-0.25, -0.2) is 4.39 Å². The summed E-state index contributed by atoms with van der Waals surface area (Å²) in [6.45, 7) is 10.5. The second-order valence-corrected chi connectivity index (χ2v) is 6.57. The lowest BCUT2D eigenvalue weighted by Crippen LogP contribution is -2.49. The number of nitrogens with zero attached hydrogens (tertiary/aromatic N) is 2. The Hall–Kier alpha value is -1.01. The fraction of sp³-hybridized carbons (Fsp3) is 0.667. The molecule has 1 aromatic rings. The van der Waals surface area contributed by atoms with Crippen molar-refractivity contribution in [2.75, 3.05) is 39.3 Å². The van der Waals surface area contributed by atoms with Crippen LogP contribution < -0.4 is 0 Å². The third-order valence-electron chi connectivity index (χ3n) is 4.40. The molecule has 0 aliphatic carbocycles. The summed E-state index contributed by atoms with van der Waals surface area (Å²) < 4.78 is 19.4.